The van der Waals surface area contributed by atoms with Gasteiger partial charge in [-0.05, 0) is 31.7 Å². The fraction of sp³-hybridized carbons (Fsp3) is 0.600. The van der Waals surface area contributed by atoms with Gasteiger partial charge in [0.05, 0.1) is 10.4 Å². The molecule has 1 fully saturated rings. The summed E-state index contributed by atoms with van der Waals surface area (Å²) in [6.45, 7) is 4.28. The maximum Gasteiger partial charge on any atom is 0.160 e. The molecule has 3 atom stereocenters. The van der Waals surface area contributed by atoms with Crippen LogP contribution in [0.4, 0.5) is 0 Å². The summed E-state index contributed by atoms with van der Waals surface area (Å²) in [4.78, 5) is 9.17. The first-order valence-corrected chi connectivity index (χ1v) is 8.07. The van der Waals surface area contributed by atoms with Crippen LogP contribution in [-0.2, 0) is 0 Å². The van der Waals surface area contributed by atoms with Gasteiger partial charge in [0.25, 0.3) is 0 Å². The van der Waals surface area contributed by atoms with E-state index in [2.05, 4.69) is 21.5 Å². The zero-order valence-electron chi connectivity index (χ0n) is 11.8. The molecule has 0 amide bonds. The smallest absolute Gasteiger partial charge is 0.160 e. The molecule has 0 saturated heterocycles. The quantitative estimate of drug-likeness (QED) is 0.719. The summed E-state index contributed by atoms with van der Waals surface area (Å²) < 4.78 is 2.26. The van der Waals surface area contributed by atoms with Gasteiger partial charge in [-0.1, -0.05) is 31.4 Å². The molecule has 1 aliphatic rings. The minimum Gasteiger partial charge on any atom is -0.308 e. The van der Waals surface area contributed by atoms with Crippen LogP contribution in [0.1, 0.15) is 56.8 Å². The Morgan fingerprint density at radius 3 is 2.80 bits per heavy atom. The van der Waals surface area contributed by atoms with Crippen molar-refractivity contribution in [2.24, 2.45) is 5.92 Å². The summed E-state index contributed by atoms with van der Waals surface area (Å²) in [6, 6.07) is 2.31. The van der Waals surface area contributed by atoms with Crippen molar-refractivity contribution in [2.75, 3.05) is 0 Å². The van der Waals surface area contributed by atoms with Crippen molar-refractivity contribution in [3.8, 4) is 0 Å². The van der Waals surface area contributed by atoms with E-state index in [1.807, 2.05) is 13.0 Å². The zero-order chi connectivity index (χ0) is 14.3. The minimum absolute atomic E-state index is 0.128. The maximum absolute atomic E-state index is 6.34. The monoisotopic (exact) mass is 311 g/mol. The van der Waals surface area contributed by atoms with E-state index in [4.69, 9.17) is 23.2 Å². The Morgan fingerprint density at radius 1 is 1.35 bits per heavy atom. The van der Waals surface area contributed by atoms with Crippen LogP contribution in [0.25, 0.3) is 11.2 Å². The lowest BCUT2D eigenvalue weighted by atomic mass is 9.85. The number of hydrogen-bond acceptors (Lipinski definition) is 2. The standard InChI is InChI=1S/C15H19Cl2N3/c1-9-5-3-4-6-13(9)20-14(10(2)16)19-12-7-11(17)8-18-15(12)20/h7-10,13H,3-6H2,1-2H3. The molecule has 1 aliphatic carbocycles. The molecule has 0 radical (unpaired) electrons. The molecule has 20 heavy (non-hydrogen) atoms. The number of nitrogens with zero attached hydrogens (tertiary/aromatic N) is 3. The number of aromatic nitrogens is 3. The first-order valence-electron chi connectivity index (χ1n) is 7.25. The van der Waals surface area contributed by atoms with Gasteiger partial charge in [0.15, 0.2) is 5.65 Å². The lowest BCUT2D eigenvalue weighted by Crippen LogP contribution is -2.23. The summed E-state index contributed by atoms with van der Waals surface area (Å²) in [7, 11) is 0. The van der Waals surface area contributed by atoms with E-state index in [0.717, 1.165) is 17.0 Å². The highest BCUT2D eigenvalue weighted by Crippen LogP contribution is 2.38. The second-order valence-electron chi connectivity index (χ2n) is 5.78. The van der Waals surface area contributed by atoms with E-state index in [9.17, 15) is 0 Å². The molecule has 3 unspecified atom stereocenters. The topological polar surface area (TPSA) is 30.7 Å². The van der Waals surface area contributed by atoms with E-state index < -0.39 is 0 Å². The van der Waals surface area contributed by atoms with Crippen LogP contribution >= 0.6 is 23.2 Å². The normalized spacial score (nSPS) is 25.0. The Hall–Kier alpha value is -0.800. The Morgan fingerprint density at radius 2 is 2.10 bits per heavy atom. The Labute approximate surface area is 129 Å². The van der Waals surface area contributed by atoms with Crippen LogP contribution in [0.3, 0.4) is 0 Å². The summed E-state index contributed by atoms with van der Waals surface area (Å²) in [6.07, 6.45) is 6.70. The highest BCUT2D eigenvalue weighted by molar-refractivity contribution is 6.31. The van der Waals surface area contributed by atoms with Gasteiger partial charge in [0, 0.05) is 12.2 Å². The fourth-order valence-corrected chi connectivity index (χ4v) is 3.57. The number of alkyl halides is 1. The molecule has 1 saturated carbocycles. The average Bonchev–Trinajstić information content (AvgIpc) is 2.78. The van der Waals surface area contributed by atoms with Crippen LogP contribution in [-0.4, -0.2) is 14.5 Å². The van der Waals surface area contributed by atoms with E-state index in [1.165, 1.54) is 25.7 Å². The van der Waals surface area contributed by atoms with E-state index >= 15 is 0 Å². The Bertz CT molecular complexity index is 621. The molecule has 0 aromatic carbocycles. The molecule has 2 heterocycles. The number of hydrogen-bond donors (Lipinski definition) is 0. The van der Waals surface area contributed by atoms with Gasteiger partial charge in [0.1, 0.15) is 11.3 Å². The third kappa shape index (κ3) is 2.42. The molecule has 0 bridgehead atoms. The van der Waals surface area contributed by atoms with Gasteiger partial charge >= 0.3 is 0 Å². The summed E-state index contributed by atoms with van der Waals surface area (Å²) >= 11 is 12.4. The second-order valence-corrected chi connectivity index (χ2v) is 6.87. The predicted molar refractivity (Wildman–Crippen MR) is 83.5 cm³/mol. The molecule has 0 aliphatic heterocycles. The lowest BCUT2D eigenvalue weighted by molar-refractivity contribution is 0.256. The molecular formula is C15H19Cl2N3. The molecule has 2 aromatic heterocycles. The van der Waals surface area contributed by atoms with Gasteiger partial charge in [-0.2, -0.15) is 0 Å². The van der Waals surface area contributed by atoms with Crippen LogP contribution < -0.4 is 0 Å². The average molecular weight is 312 g/mol. The first kappa shape index (κ1) is 14.2. The zero-order valence-corrected chi connectivity index (χ0v) is 13.3. The van der Waals surface area contributed by atoms with Crippen LogP contribution in [0, 0.1) is 5.92 Å². The number of imidazole rings is 1. The van der Waals surface area contributed by atoms with Crippen molar-refractivity contribution in [2.45, 2.75) is 50.9 Å². The van der Waals surface area contributed by atoms with Crippen molar-refractivity contribution in [3.63, 3.8) is 0 Å². The number of pyridine rings is 1. The first-order chi connectivity index (χ1) is 9.58. The summed E-state index contributed by atoms with van der Waals surface area (Å²) in [5.41, 5.74) is 1.76. The molecule has 0 spiro atoms. The molecule has 3 nitrogen and oxygen atoms in total. The van der Waals surface area contributed by atoms with Crippen molar-refractivity contribution in [1.82, 2.24) is 14.5 Å². The second kappa shape index (κ2) is 5.53. The molecule has 3 rings (SSSR count). The van der Waals surface area contributed by atoms with Gasteiger partial charge in [-0.15, -0.1) is 11.6 Å². The van der Waals surface area contributed by atoms with Crippen LogP contribution in [0.15, 0.2) is 12.3 Å². The van der Waals surface area contributed by atoms with Gasteiger partial charge < -0.3 is 4.57 Å². The number of fused-ring (bicyclic) bond motifs is 1. The third-order valence-corrected chi connectivity index (χ3v) is 4.68. The van der Waals surface area contributed by atoms with Crippen molar-refractivity contribution in [1.29, 1.82) is 0 Å². The van der Waals surface area contributed by atoms with Crippen LogP contribution in [0.2, 0.25) is 5.02 Å². The molecule has 2 aromatic rings. The molecule has 5 heteroatoms. The highest BCUT2D eigenvalue weighted by Gasteiger charge is 2.28. The molecule has 0 N–H and O–H groups in total. The summed E-state index contributed by atoms with van der Waals surface area (Å²) in [5.74, 6) is 1.54. The minimum atomic E-state index is -0.128. The SMILES string of the molecule is CC(Cl)c1nc2cc(Cl)cnc2n1C1CCCCC1C. The van der Waals surface area contributed by atoms with Gasteiger partial charge in [0.2, 0.25) is 0 Å². The Balaban J connectivity index is 2.18. The molecule has 108 valence electrons. The summed E-state index contributed by atoms with van der Waals surface area (Å²) in [5, 5.41) is 0.490. The predicted octanol–water partition coefficient (Wildman–Crippen LogP) is 5.14. The largest absolute Gasteiger partial charge is 0.308 e. The van der Waals surface area contributed by atoms with Crippen molar-refractivity contribution >= 4 is 34.4 Å². The van der Waals surface area contributed by atoms with Gasteiger partial charge in [-0.25, -0.2) is 9.97 Å². The van der Waals surface area contributed by atoms with E-state index in [0.29, 0.717) is 17.0 Å². The van der Waals surface area contributed by atoms with E-state index in [1.54, 1.807) is 6.20 Å². The number of halogens is 2. The van der Waals surface area contributed by atoms with E-state index in [-0.39, 0.29) is 5.38 Å². The Kier molecular flexibility index (Phi) is 3.91. The van der Waals surface area contributed by atoms with Crippen molar-refractivity contribution < 1.29 is 0 Å². The third-order valence-electron chi connectivity index (χ3n) is 4.28. The van der Waals surface area contributed by atoms with Crippen molar-refractivity contribution in [3.05, 3.63) is 23.1 Å². The fourth-order valence-electron chi connectivity index (χ4n) is 3.26. The van der Waals surface area contributed by atoms with Crippen LogP contribution in [0.5, 0.6) is 0 Å². The molecular weight excluding hydrogens is 293 g/mol. The maximum atomic E-state index is 6.34. The highest BCUT2D eigenvalue weighted by atomic mass is 35.5. The van der Waals surface area contributed by atoms with Gasteiger partial charge in [-0.3, -0.25) is 0 Å². The lowest BCUT2D eigenvalue weighted by Gasteiger charge is -2.31. The number of rotatable bonds is 2.